The van der Waals surface area contributed by atoms with Gasteiger partial charge in [-0.1, -0.05) is 0 Å². The largest absolute Gasteiger partial charge is 0.342 e. The molecule has 3 rings (SSSR count). The van der Waals surface area contributed by atoms with Crippen LogP contribution in [0.5, 0.6) is 0 Å². The summed E-state index contributed by atoms with van der Waals surface area (Å²) in [5.41, 5.74) is 2.71. The minimum absolute atomic E-state index is 0.0224. The Hall–Kier alpha value is -1.75. The van der Waals surface area contributed by atoms with Crippen molar-refractivity contribution in [3.05, 3.63) is 45.7 Å². The van der Waals surface area contributed by atoms with Gasteiger partial charge in [-0.05, 0) is 49.6 Å². The van der Waals surface area contributed by atoms with Gasteiger partial charge in [-0.3, -0.25) is 4.79 Å². The minimum Gasteiger partial charge on any atom is -0.342 e. The van der Waals surface area contributed by atoms with Gasteiger partial charge in [0.05, 0.1) is 11.6 Å². The summed E-state index contributed by atoms with van der Waals surface area (Å²) in [7, 11) is 0. The molecular formula is C15H17N3OS. The van der Waals surface area contributed by atoms with Gasteiger partial charge >= 0.3 is 0 Å². The molecule has 20 heavy (non-hydrogen) atoms. The molecule has 0 saturated heterocycles. The van der Waals surface area contributed by atoms with Crippen LogP contribution in [0.3, 0.4) is 0 Å². The van der Waals surface area contributed by atoms with E-state index < -0.39 is 0 Å². The van der Waals surface area contributed by atoms with Gasteiger partial charge < -0.3 is 5.32 Å². The fourth-order valence-electron chi connectivity index (χ4n) is 2.25. The molecule has 0 aromatic carbocycles. The molecule has 2 heterocycles. The number of thiophene rings is 1. The lowest BCUT2D eigenvalue weighted by atomic mass is 10.1. The second kappa shape index (κ2) is 5.32. The molecule has 1 fully saturated rings. The van der Waals surface area contributed by atoms with Crippen LogP contribution in [0.25, 0.3) is 0 Å². The van der Waals surface area contributed by atoms with E-state index in [1.165, 1.54) is 0 Å². The van der Waals surface area contributed by atoms with E-state index in [1.807, 2.05) is 30.7 Å². The van der Waals surface area contributed by atoms with Gasteiger partial charge in [0.1, 0.15) is 0 Å². The summed E-state index contributed by atoms with van der Waals surface area (Å²) in [5, 5.41) is 6.99. The molecule has 5 heteroatoms. The number of nitrogens with zero attached hydrogens (tertiary/aromatic N) is 2. The molecule has 1 saturated carbocycles. The van der Waals surface area contributed by atoms with Crippen molar-refractivity contribution in [1.82, 2.24) is 15.3 Å². The highest BCUT2D eigenvalue weighted by Gasteiger charge is 2.35. The highest BCUT2D eigenvalue weighted by Crippen LogP contribution is 2.40. The molecule has 2 aromatic rings. The number of carbonyl (C=O) groups excluding carboxylic acids is 1. The van der Waals surface area contributed by atoms with Crippen molar-refractivity contribution in [2.75, 3.05) is 0 Å². The number of aryl methyl sites for hydroxylation is 2. The van der Waals surface area contributed by atoms with Crippen LogP contribution in [-0.4, -0.2) is 15.9 Å². The molecule has 0 aliphatic heterocycles. The lowest BCUT2D eigenvalue weighted by molar-refractivity contribution is 0.0929. The SMILES string of the molecule is Cc1ccnc(C(NC(=O)c2cscc2C)C2CC2)n1. The third-order valence-electron chi connectivity index (χ3n) is 3.57. The van der Waals surface area contributed by atoms with Crippen molar-refractivity contribution in [2.45, 2.75) is 32.7 Å². The standard InChI is InChI=1S/C15H17N3OS/c1-9-7-20-8-12(9)15(19)18-13(11-3-4-11)14-16-6-5-10(2)17-14/h5-8,11,13H,3-4H2,1-2H3,(H,18,19). The first kappa shape index (κ1) is 13.2. The van der Waals surface area contributed by atoms with Gasteiger partial charge in [0.2, 0.25) is 0 Å². The van der Waals surface area contributed by atoms with Crippen LogP contribution in [0.1, 0.15) is 46.3 Å². The molecule has 1 aliphatic carbocycles. The van der Waals surface area contributed by atoms with Crippen LogP contribution in [-0.2, 0) is 0 Å². The molecule has 0 spiro atoms. The lowest BCUT2D eigenvalue weighted by Crippen LogP contribution is -2.31. The zero-order valence-electron chi connectivity index (χ0n) is 11.6. The zero-order valence-corrected chi connectivity index (χ0v) is 12.4. The molecule has 2 aromatic heterocycles. The molecule has 1 N–H and O–H groups in total. The monoisotopic (exact) mass is 287 g/mol. The second-order valence-corrected chi connectivity index (χ2v) is 6.06. The van der Waals surface area contributed by atoms with Crippen LogP contribution in [0.2, 0.25) is 0 Å². The van der Waals surface area contributed by atoms with Crippen molar-refractivity contribution in [3.63, 3.8) is 0 Å². The summed E-state index contributed by atoms with van der Waals surface area (Å²) in [6.45, 7) is 3.90. The second-order valence-electron chi connectivity index (χ2n) is 5.31. The van der Waals surface area contributed by atoms with E-state index in [1.54, 1.807) is 17.5 Å². The molecule has 1 unspecified atom stereocenters. The third-order valence-corrected chi connectivity index (χ3v) is 4.43. The number of hydrogen-bond acceptors (Lipinski definition) is 4. The van der Waals surface area contributed by atoms with Crippen molar-refractivity contribution >= 4 is 17.2 Å². The topological polar surface area (TPSA) is 54.9 Å². The Kier molecular flexibility index (Phi) is 3.53. The number of carbonyl (C=O) groups is 1. The Balaban J connectivity index is 1.82. The number of aromatic nitrogens is 2. The first-order valence-electron chi connectivity index (χ1n) is 6.78. The number of amides is 1. The Labute approximate surface area is 122 Å². The van der Waals surface area contributed by atoms with Gasteiger partial charge in [0, 0.05) is 17.3 Å². The predicted octanol–water partition coefficient (Wildman–Crippen LogP) is 3.04. The fraction of sp³-hybridized carbons (Fsp3) is 0.400. The summed E-state index contributed by atoms with van der Waals surface area (Å²) in [4.78, 5) is 21.2. The normalized spacial score (nSPS) is 15.9. The fourth-order valence-corrected chi connectivity index (χ4v) is 3.08. The van der Waals surface area contributed by atoms with Crippen molar-refractivity contribution in [1.29, 1.82) is 0 Å². The minimum atomic E-state index is -0.0679. The van der Waals surface area contributed by atoms with Gasteiger partial charge in [0.25, 0.3) is 5.91 Å². The van der Waals surface area contributed by atoms with Crippen molar-refractivity contribution < 1.29 is 4.79 Å². The maximum atomic E-state index is 12.4. The van der Waals surface area contributed by atoms with Crippen molar-refractivity contribution in [3.8, 4) is 0 Å². The van der Waals surface area contributed by atoms with Crippen LogP contribution in [0, 0.1) is 19.8 Å². The highest BCUT2D eigenvalue weighted by atomic mass is 32.1. The first-order chi connectivity index (χ1) is 9.65. The summed E-state index contributed by atoms with van der Waals surface area (Å²) in [6.07, 6.45) is 4.02. The van der Waals surface area contributed by atoms with E-state index in [4.69, 9.17) is 0 Å². The van der Waals surface area contributed by atoms with E-state index >= 15 is 0 Å². The average molecular weight is 287 g/mol. The number of nitrogens with one attached hydrogen (secondary N) is 1. The van der Waals surface area contributed by atoms with E-state index in [-0.39, 0.29) is 11.9 Å². The zero-order chi connectivity index (χ0) is 14.1. The van der Waals surface area contributed by atoms with E-state index in [9.17, 15) is 4.79 Å². The van der Waals surface area contributed by atoms with Crippen molar-refractivity contribution in [2.24, 2.45) is 5.92 Å². The van der Waals surface area contributed by atoms with Gasteiger partial charge in [-0.25, -0.2) is 9.97 Å². The molecule has 1 atom stereocenters. The quantitative estimate of drug-likeness (QED) is 0.940. The average Bonchev–Trinajstić information content (AvgIpc) is 3.17. The Morgan fingerprint density at radius 3 is 2.80 bits per heavy atom. The smallest absolute Gasteiger partial charge is 0.252 e. The lowest BCUT2D eigenvalue weighted by Gasteiger charge is -2.17. The van der Waals surface area contributed by atoms with Gasteiger partial charge in [0.15, 0.2) is 5.82 Å². The van der Waals surface area contributed by atoms with Gasteiger partial charge in [-0.15, -0.1) is 0 Å². The van der Waals surface area contributed by atoms with Crippen LogP contribution < -0.4 is 5.32 Å². The third kappa shape index (κ3) is 2.72. The van der Waals surface area contributed by atoms with Crippen LogP contribution >= 0.6 is 11.3 Å². The van der Waals surface area contributed by atoms with E-state index in [0.29, 0.717) is 5.92 Å². The van der Waals surface area contributed by atoms with Gasteiger partial charge in [-0.2, -0.15) is 11.3 Å². The Morgan fingerprint density at radius 2 is 2.20 bits per heavy atom. The molecule has 4 nitrogen and oxygen atoms in total. The molecule has 1 aliphatic rings. The molecule has 104 valence electrons. The maximum absolute atomic E-state index is 12.4. The number of hydrogen-bond donors (Lipinski definition) is 1. The van der Waals surface area contributed by atoms with Crippen LogP contribution in [0.15, 0.2) is 23.0 Å². The first-order valence-corrected chi connectivity index (χ1v) is 7.72. The van der Waals surface area contributed by atoms with Crippen LogP contribution in [0.4, 0.5) is 0 Å². The Bertz CT molecular complexity index is 634. The highest BCUT2D eigenvalue weighted by molar-refractivity contribution is 7.08. The predicted molar refractivity (Wildman–Crippen MR) is 78.8 cm³/mol. The molecular weight excluding hydrogens is 270 g/mol. The molecule has 0 radical (unpaired) electrons. The maximum Gasteiger partial charge on any atom is 0.252 e. The van der Waals surface area contributed by atoms with E-state index in [2.05, 4.69) is 15.3 Å². The Morgan fingerprint density at radius 1 is 1.40 bits per heavy atom. The summed E-state index contributed by atoms with van der Waals surface area (Å²) < 4.78 is 0. The summed E-state index contributed by atoms with van der Waals surface area (Å²) >= 11 is 1.55. The molecule has 1 amide bonds. The summed E-state index contributed by atoms with van der Waals surface area (Å²) in [5.74, 6) is 1.18. The molecule has 0 bridgehead atoms. The summed E-state index contributed by atoms with van der Waals surface area (Å²) in [6, 6.07) is 1.81. The van der Waals surface area contributed by atoms with E-state index in [0.717, 1.165) is 35.5 Å². The number of rotatable bonds is 4.